The number of hydrogen-bond donors (Lipinski definition) is 1. The van der Waals surface area contributed by atoms with Gasteiger partial charge in [0, 0.05) is 51.7 Å². The molecule has 1 aliphatic heterocycles. The number of rotatable bonds is 7. The van der Waals surface area contributed by atoms with Crippen LogP contribution in [0, 0.1) is 5.92 Å². The van der Waals surface area contributed by atoms with Gasteiger partial charge in [-0.3, -0.25) is 0 Å². The fraction of sp³-hybridized carbons (Fsp3) is 0.545. The summed E-state index contributed by atoms with van der Waals surface area (Å²) < 4.78 is 7.73. The van der Waals surface area contributed by atoms with Gasteiger partial charge in [0.2, 0.25) is 0 Å². The lowest BCUT2D eigenvalue weighted by Gasteiger charge is -2.38. The normalized spacial score (nSPS) is 14.6. The van der Waals surface area contributed by atoms with Crippen molar-refractivity contribution < 1.29 is 4.74 Å². The fourth-order valence-electron chi connectivity index (χ4n) is 3.67. The molecule has 0 amide bonds. The number of piperazine rings is 1. The molecule has 1 aromatic heterocycles. The molecule has 0 spiro atoms. The maximum atomic E-state index is 5.53. The van der Waals surface area contributed by atoms with Gasteiger partial charge >= 0.3 is 0 Å². The molecule has 3 rings (SSSR count). The van der Waals surface area contributed by atoms with Gasteiger partial charge in [0.05, 0.1) is 12.8 Å². The van der Waals surface area contributed by atoms with E-state index in [4.69, 9.17) is 9.73 Å². The SMILES string of the molecule is CCNC(=NCc1nccn1CC(C)C)N1CCN(c2ccccc2OC)CC1.I. The number of methoxy groups -OCH3 is 1. The Morgan fingerprint density at radius 3 is 2.60 bits per heavy atom. The summed E-state index contributed by atoms with van der Waals surface area (Å²) in [6.07, 6.45) is 3.91. The minimum Gasteiger partial charge on any atom is -0.495 e. The van der Waals surface area contributed by atoms with E-state index in [-0.39, 0.29) is 24.0 Å². The molecule has 0 aliphatic carbocycles. The van der Waals surface area contributed by atoms with Gasteiger partial charge in [-0.2, -0.15) is 0 Å². The molecule has 1 saturated heterocycles. The highest BCUT2D eigenvalue weighted by molar-refractivity contribution is 14.0. The summed E-state index contributed by atoms with van der Waals surface area (Å²) >= 11 is 0. The van der Waals surface area contributed by atoms with Crippen LogP contribution in [0.4, 0.5) is 5.69 Å². The van der Waals surface area contributed by atoms with Crippen LogP contribution in [0.1, 0.15) is 26.6 Å². The number of halogens is 1. The summed E-state index contributed by atoms with van der Waals surface area (Å²) in [5, 5.41) is 3.45. The highest BCUT2D eigenvalue weighted by atomic mass is 127. The van der Waals surface area contributed by atoms with E-state index < -0.39 is 0 Å². The maximum Gasteiger partial charge on any atom is 0.194 e. The topological polar surface area (TPSA) is 57.9 Å². The molecule has 1 aliphatic rings. The average Bonchev–Trinajstić information content (AvgIpc) is 3.17. The number of anilines is 1. The van der Waals surface area contributed by atoms with Gasteiger partial charge in [-0.1, -0.05) is 26.0 Å². The lowest BCUT2D eigenvalue weighted by Crippen LogP contribution is -2.52. The second kappa shape index (κ2) is 12.0. The van der Waals surface area contributed by atoms with Crippen LogP contribution in [-0.2, 0) is 13.1 Å². The third-order valence-electron chi connectivity index (χ3n) is 5.07. The van der Waals surface area contributed by atoms with Crippen LogP contribution in [0.2, 0.25) is 0 Å². The summed E-state index contributed by atoms with van der Waals surface area (Å²) in [6.45, 7) is 12.7. The van der Waals surface area contributed by atoms with Crippen molar-refractivity contribution in [3.05, 3.63) is 42.5 Å². The molecule has 0 bridgehead atoms. The average molecular weight is 526 g/mol. The van der Waals surface area contributed by atoms with E-state index in [0.29, 0.717) is 12.5 Å². The molecule has 30 heavy (non-hydrogen) atoms. The smallest absolute Gasteiger partial charge is 0.194 e. The van der Waals surface area contributed by atoms with Gasteiger partial charge in [0.15, 0.2) is 5.96 Å². The van der Waals surface area contributed by atoms with Crippen molar-refractivity contribution in [3.8, 4) is 5.75 Å². The van der Waals surface area contributed by atoms with Crippen LogP contribution in [-0.4, -0.2) is 60.2 Å². The van der Waals surface area contributed by atoms with Gasteiger partial charge < -0.3 is 24.4 Å². The van der Waals surface area contributed by atoms with E-state index in [1.54, 1.807) is 7.11 Å². The number of para-hydroxylation sites is 2. The quantitative estimate of drug-likeness (QED) is 0.341. The Morgan fingerprint density at radius 2 is 1.93 bits per heavy atom. The second-order valence-corrected chi connectivity index (χ2v) is 7.71. The number of benzene rings is 1. The fourth-order valence-corrected chi connectivity index (χ4v) is 3.67. The highest BCUT2D eigenvalue weighted by Crippen LogP contribution is 2.28. The number of guanidine groups is 1. The van der Waals surface area contributed by atoms with Crippen LogP contribution in [0.25, 0.3) is 0 Å². The zero-order chi connectivity index (χ0) is 20.6. The molecule has 7 nitrogen and oxygen atoms in total. The zero-order valence-corrected chi connectivity index (χ0v) is 20.9. The van der Waals surface area contributed by atoms with Gasteiger partial charge in [0.1, 0.15) is 18.1 Å². The van der Waals surface area contributed by atoms with E-state index in [1.807, 2.05) is 24.5 Å². The van der Waals surface area contributed by atoms with E-state index in [2.05, 4.69) is 57.6 Å². The monoisotopic (exact) mass is 526 g/mol. The van der Waals surface area contributed by atoms with Crippen LogP contribution >= 0.6 is 24.0 Å². The molecule has 1 aromatic carbocycles. The minimum atomic E-state index is 0. The molecule has 2 aromatic rings. The standard InChI is InChI=1S/C22H34N6O.HI/c1-5-23-22(25-16-21-24-10-11-28(21)17-18(2)3)27-14-12-26(13-15-27)19-8-6-7-9-20(19)29-4;/h6-11,18H,5,12-17H2,1-4H3,(H,23,25);1H. The number of hydrogen-bond acceptors (Lipinski definition) is 4. The first-order valence-corrected chi connectivity index (χ1v) is 10.5. The van der Waals surface area contributed by atoms with E-state index in [0.717, 1.165) is 62.5 Å². The number of ether oxygens (including phenoxy) is 1. The number of imidazole rings is 1. The molecular formula is C22H35IN6O. The van der Waals surface area contributed by atoms with Crippen LogP contribution in [0.15, 0.2) is 41.7 Å². The summed E-state index contributed by atoms with van der Waals surface area (Å²) in [4.78, 5) is 14.1. The Labute approximate surface area is 197 Å². The highest BCUT2D eigenvalue weighted by Gasteiger charge is 2.21. The molecule has 166 valence electrons. The van der Waals surface area contributed by atoms with E-state index >= 15 is 0 Å². The molecule has 0 saturated carbocycles. The zero-order valence-electron chi connectivity index (χ0n) is 18.5. The molecule has 0 unspecified atom stereocenters. The Balaban J connectivity index is 0.00000320. The minimum absolute atomic E-state index is 0. The number of nitrogens with zero attached hydrogens (tertiary/aromatic N) is 5. The number of nitrogens with one attached hydrogen (secondary N) is 1. The molecule has 0 atom stereocenters. The molecule has 8 heteroatoms. The van der Waals surface area contributed by atoms with Crippen LogP contribution in [0.3, 0.4) is 0 Å². The van der Waals surface area contributed by atoms with Crippen molar-refractivity contribution in [1.29, 1.82) is 0 Å². The third-order valence-corrected chi connectivity index (χ3v) is 5.07. The summed E-state index contributed by atoms with van der Waals surface area (Å²) in [7, 11) is 1.73. The van der Waals surface area contributed by atoms with Gasteiger partial charge in [-0.05, 0) is 25.0 Å². The lowest BCUT2D eigenvalue weighted by atomic mass is 10.2. The lowest BCUT2D eigenvalue weighted by molar-refractivity contribution is 0.366. The van der Waals surface area contributed by atoms with Crippen LogP contribution in [0.5, 0.6) is 5.75 Å². The first kappa shape index (κ1) is 24.3. The van der Waals surface area contributed by atoms with Gasteiger partial charge in [-0.15, -0.1) is 24.0 Å². The summed E-state index contributed by atoms with van der Waals surface area (Å²) in [5.74, 6) is 3.50. The van der Waals surface area contributed by atoms with Crippen LogP contribution < -0.4 is 15.0 Å². The second-order valence-electron chi connectivity index (χ2n) is 7.71. The molecular weight excluding hydrogens is 491 g/mol. The number of aliphatic imine (C=N–C) groups is 1. The van der Waals surface area contributed by atoms with E-state index in [9.17, 15) is 0 Å². The van der Waals surface area contributed by atoms with Gasteiger partial charge in [0.25, 0.3) is 0 Å². The summed E-state index contributed by atoms with van der Waals surface area (Å²) in [6, 6.07) is 8.22. The predicted octanol–water partition coefficient (Wildman–Crippen LogP) is 3.45. The van der Waals surface area contributed by atoms with Crippen molar-refractivity contribution >= 4 is 35.6 Å². The van der Waals surface area contributed by atoms with Crippen molar-refractivity contribution in [1.82, 2.24) is 19.8 Å². The Morgan fingerprint density at radius 1 is 1.20 bits per heavy atom. The Hall–Kier alpha value is -1.97. The van der Waals surface area contributed by atoms with Crippen molar-refractivity contribution in [2.24, 2.45) is 10.9 Å². The van der Waals surface area contributed by atoms with Crippen molar-refractivity contribution in [2.75, 3.05) is 44.7 Å². The maximum absolute atomic E-state index is 5.53. The third kappa shape index (κ3) is 6.26. The van der Waals surface area contributed by atoms with E-state index in [1.165, 1.54) is 0 Å². The molecule has 1 N–H and O–H groups in total. The Kier molecular flexibility index (Phi) is 9.74. The first-order valence-electron chi connectivity index (χ1n) is 10.5. The van der Waals surface area contributed by atoms with Gasteiger partial charge in [-0.25, -0.2) is 9.98 Å². The van der Waals surface area contributed by atoms with Crippen molar-refractivity contribution in [3.63, 3.8) is 0 Å². The molecule has 2 heterocycles. The molecule has 1 fully saturated rings. The largest absolute Gasteiger partial charge is 0.495 e. The predicted molar refractivity (Wildman–Crippen MR) is 134 cm³/mol. The molecule has 0 radical (unpaired) electrons. The first-order chi connectivity index (χ1) is 14.1. The Bertz CT molecular complexity index is 798. The summed E-state index contributed by atoms with van der Waals surface area (Å²) in [5.41, 5.74) is 1.16. The van der Waals surface area contributed by atoms with Crippen molar-refractivity contribution in [2.45, 2.75) is 33.9 Å². The number of aromatic nitrogens is 2.